The largest absolute Gasteiger partial charge is 0.481 e. The van der Waals surface area contributed by atoms with Gasteiger partial charge in [0.15, 0.2) is 0 Å². The van der Waals surface area contributed by atoms with Gasteiger partial charge in [0.05, 0.1) is 13.2 Å². The lowest BCUT2D eigenvalue weighted by molar-refractivity contribution is 0.395. The van der Waals surface area contributed by atoms with Crippen LogP contribution in [-0.2, 0) is 0 Å². The highest BCUT2D eigenvalue weighted by atomic mass is 16.5. The predicted octanol–water partition coefficient (Wildman–Crippen LogP) is 2.57. The van der Waals surface area contributed by atoms with Crippen molar-refractivity contribution in [3.63, 3.8) is 0 Å². The molecule has 0 radical (unpaired) electrons. The van der Waals surface area contributed by atoms with Crippen LogP contribution in [0.4, 0.5) is 11.5 Å². The molecule has 2 rings (SSSR count). The van der Waals surface area contributed by atoms with E-state index in [9.17, 15) is 0 Å². The zero-order valence-corrected chi connectivity index (χ0v) is 12.3. The summed E-state index contributed by atoms with van der Waals surface area (Å²) in [7, 11) is 3.60. The first-order valence-electron chi connectivity index (χ1n) is 6.49. The summed E-state index contributed by atoms with van der Waals surface area (Å²) >= 11 is 0. The van der Waals surface area contributed by atoms with Crippen molar-refractivity contribution in [2.45, 2.75) is 19.9 Å². The van der Waals surface area contributed by atoms with E-state index in [2.05, 4.69) is 27.9 Å². The van der Waals surface area contributed by atoms with Gasteiger partial charge in [0.25, 0.3) is 0 Å². The molecule has 1 heterocycles. The summed E-state index contributed by atoms with van der Waals surface area (Å²) in [4.78, 5) is 10.7. The van der Waals surface area contributed by atoms with Gasteiger partial charge >= 0.3 is 0 Å². The van der Waals surface area contributed by atoms with Gasteiger partial charge in [0.2, 0.25) is 5.88 Å². The molecule has 0 saturated carbocycles. The first-order chi connectivity index (χ1) is 9.51. The molecule has 1 aromatic carbocycles. The van der Waals surface area contributed by atoms with Crippen molar-refractivity contribution >= 4 is 11.5 Å². The van der Waals surface area contributed by atoms with Crippen molar-refractivity contribution in [1.82, 2.24) is 9.97 Å². The number of aromatic nitrogens is 2. The predicted molar refractivity (Wildman–Crippen MR) is 81.0 cm³/mol. The first kappa shape index (κ1) is 14.1. The van der Waals surface area contributed by atoms with E-state index in [-0.39, 0.29) is 6.04 Å². The molecule has 2 aromatic rings. The molecule has 1 aromatic heterocycles. The molecule has 0 fully saturated rings. The van der Waals surface area contributed by atoms with E-state index in [1.165, 1.54) is 0 Å². The minimum absolute atomic E-state index is 0.150. The maximum absolute atomic E-state index is 5.84. The summed E-state index contributed by atoms with van der Waals surface area (Å²) in [6, 6.07) is 9.86. The Morgan fingerprint density at radius 2 is 2.00 bits per heavy atom. The van der Waals surface area contributed by atoms with Gasteiger partial charge in [-0.3, -0.25) is 0 Å². The van der Waals surface area contributed by atoms with E-state index in [0.29, 0.717) is 11.7 Å². The fourth-order valence-electron chi connectivity index (χ4n) is 2.05. The van der Waals surface area contributed by atoms with Gasteiger partial charge in [-0.15, -0.1) is 0 Å². The molecule has 0 bridgehead atoms. The third kappa shape index (κ3) is 2.99. The fraction of sp³-hybridized carbons (Fsp3) is 0.333. The normalized spacial score (nSPS) is 12.0. The summed E-state index contributed by atoms with van der Waals surface area (Å²) in [5.41, 5.74) is 7.75. The molecular formula is C15H20N4O. The van der Waals surface area contributed by atoms with Crippen LogP contribution in [-0.4, -0.2) is 24.1 Å². The van der Waals surface area contributed by atoms with Gasteiger partial charge in [-0.2, -0.15) is 4.98 Å². The van der Waals surface area contributed by atoms with Gasteiger partial charge in [0.1, 0.15) is 11.6 Å². The molecule has 0 saturated heterocycles. The summed E-state index contributed by atoms with van der Waals surface area (Å²) in [5.74, 6) is 2.08. The summed E-state index contributed by atoms with van der Waals surface area (Å²) in [5, 5.41) is 0. The van der Waals surface area contributed by atoms with Gasteiger partial charge in [-0.1, -0.05) is 12.1 Å². The van der Waals surface area contributed by atoms with Crippen molar-refractivity contribution in [3.05, 3.63) is 41.7 Å². The van der Waals surface area contributed by atoms with Crippen molar-refractivity contribution in [3.8, 4) is 5.88 Å². The van der Waals surface area contributed by atoms with E-state index >= 15 is 0 Å². The van der Waals surface area contributed by atoms with Crippen LogP contribution in [0, 0.1) is 6.92 Å². The lowest BCUT2D eigenvalue weighted by Gasteiger charge is -2.26. The Labute approximate surface area is 119 Å². The number of methoxy groups -OCH3 is 1. The molecule has 0 amide bonds. The second kappa shape index (κ2) is 5.77. The van der Waals surface area contributed by atoms with Crippen LogP contribution in [0.5, 0.6) is 5.88 Å². The molecule has 5 heteroatoms. The van der Waals surface area contributed by atoms with E-state index in [0.717, 1.165) is 17.1 Å². The Kier molecular flexibility index (Phi) is 4.08. The van der Waals surface area contributed by atoms with Crippen LogP contribution in [0.25, 0.3) is 0 Å². The zero-order chi connectivity index (χ0) is 14.7. The summed E-state index contributed by atoms with van der Waals surface area (Å²) in [6.07, 6.45) is 0. The van der Waals surface area contributed by atoms with Crippen LogP contribution < -0.4 is 15.4 Å². The number of hydrogen-bond donors (Lipinski definition) is 1. The Hall–Kier alpha value is -2.30. The Balaban J connectivity index is 2.30. The second-order valence-electron chi connectivity index (χ2n) is 4.77. The van der Waals surface area contributed by atoms with Gasteiger partial charge in [-0.05, 0) is 31.5 Å². The number of aryl methyl sites for hydroxylation is 1. The van der Waals surface area contributed by atoms with Gasteiger partial charge < -0.3 is 15.4 Å². The van der Waals surface area contributed by atoms with Crippen molar-refractivity contribution in [2.24, 2.45) is 0 Å². The second-order valence-corrected chi connectivity index (χ2v) is 4.77. The maximum Gasteiger partial charge on any atom is 0.218 e. The van der Waals surface area contributed by atoms with Crippen molar-refractivity contribution in [1.29, 1.82) is 0 Å². The smallest absolute Gasteiger partial charge is 0.218 e. The van der Waals surface area contributed by atoms with Crippen LogP contribution >= 0.6 is 0 Å². The lowest BCUT2D eigenvalue weighted by Crippen LogP contribution is -2.23. The molecule has 1 atom stereocenters. The quantitative estimate of drug-likeness (QED) is 0.867. The highest BCUT2D eigenvalue weighted by Gasteiger charge is 2.15. The fourth-order valence-corrected chi connectivity index (χ4v) is 2.05. The molecule has 0 aliphatic rings. The molecule has 2 N–H and O–H groups in total. The minimum Gasteiger partial charge on any atom is -0.481 e. The van der Waals surface area contributed by atoms with E-state index in [4.69, 9.17) is 10.5 Å². The number of ether oxygens (including phenoxy) is 1. The highest BCUT2D eigenvalue weighted by molar-refractivity contribution is 5.47. The molecular weight excluding hydrogens is 252 g/mol. The third-order valence-corrected chi connectivity index (χ3v) is 3.35. The van der Waals surface area contributed by atoms with E-state index in [1.807, 2.05) is 38.2 Å². The third-order valence-electron chi connectivity index (χ3n) is 3.35. The summed E-state index contributed by atoms with van der Waals surface area (Å²) < 4.78 is 5.19. The Morgan fingerprint density at radius 3 is 2.65 bits per heavy atom. The van der Waals surface area contributed by atoms with Gasteiger partial charge in [-0.25, -0.2) is 4.98 Å². The topological polar surface area (TPSA) is 64.3 Å². The number of hydrogen-bond acceptors (Lipinski definition) is 5. The van der Waals surface area contributed by atoms with Crippen LogP contribution in [0.15, 0.2) is 30.3 Å². The molecule has 5 nitrogen and oxygen atoms in total. The number of nitrogens with two attached hydrogens (primary N) is 1. The van der Waals surface area contributed by atoms with E-state index < -0.39 is 0 Å². The average molecular weight is 272 g/mol. The minimum atomic E-state index is 0.150. The number of anilines is 2. The standard InChI is InChI=1S/C15H20N4O/c1-10(12-6-5-7-13(16)8-12)19(3)14-9-15(20-4)18-11(2)17-14/h5-10H,16H2,1-4H3. The molecule has 1 unspecified atom stereocenters. The monoisotopic (exact) mass is 272 g/mol. The molecule has 0 aliphatic carbocycles. The zero-order valence-electron chi connectivity index (χ0n) is 12.3. The average Bonchev–Trinajstić information content (AvgIpc) is 2.45. The lowest BCUT2D eigenvalue weighted by atomic mass is 10.1. The SMILES string of the molecule is COc1cc(N(C)C(C)c2cccc(N)c2)nc(C)n1. The highest BCUT2D eigenvalue weighted by Crippen LogP contribution is 2.26. The maximum atomic E-state index is 5.84. The molecule has 0 spiro atoms. The van der Waals surface area contributed by atoms with Crippen molar-refractivity contribution < 1.29 is 4.74 Å². The van der Waals surface area contributed by atoms with Crippen LogP contribution in [0.1, 0.15) is 24.4 Å². The van der Waals surface area contributed by atoms with Crippen LogP contribution in [0.2, 0.25) is 0 Å². The molecule has 0 aliphatic heterocycles. The number of benzene rings is 1. The first-order valence-corrected chi connectivity index (χ1v) is 6.49. The molecule has 20 heavy (non-hydrogen) atoms. The number of rotatable bonds is 4. The Bertz CT molecular complexity index is 600. The van der Waals surface area contributed by atoms with Gasteiger partial charge in [0, 0.05) is 18.8 Å². The van der Waals surface area contributed by atoms with Crippen LogP contribution in [0.3, 0.4) is 0 Å². The Morgan fingerprint density at radius 1 is 1.25 bits per heavy atom. The number of nitrogen functional groups attached to an aromatic ring is 1. The molecule has 106 valence electrons. The van der Waals surface area contributed by atoms with Crippen molar-refractivity contribution in [2.75, 3.05) is 24.8 Å². The van der Waals surface area contributed by atoms with E-state index in [1.54, 1.807) is 7.11 Å². The number of nitrogens with zero attached hydrogens (tertiary/aromatic N) is 3. The summed E-state index contributed by atoms with van der Waals surface area (Å²) in [6.45, 7) is 3.96.